The molecule has 0 radical (unpaired) electrons. The Morgan fingerprint density at radius 1 is 0.429 bits per heavy atom. The molecule has 0 bridgehead atoms. The lowest BCUT2D eigenvalue weighted by molar-refractivity contribution is 0.0653. The molecule has 12 heteroatoms. The summed E-state index contributed by atoms with van der Waals surface area (Å²) in [7, 11) is 0. The molecule has 0 spiro atoms. The summed E-state index contributed by atoms with van der Waals surface area (Å²) in [5, 5.41) is 27.1. The van der Waals surface area contributed by atoms with Crippen LogP contribution in [-0.4, -0.2) is 33.2 Å². The van der Waals surface area contributed by atoms with Crippen molar-refractivity contribution in [2.45, 2.75) is 0 Å². The number of hydrogen-bond donors (Lipinski definition) is 3. The molecular formula is C30H18O12. The summed E-state index contributed by atoms with van der Waals surface area (Å²) in [6, 6.07) is 22.5. The van der Waals surface area contributed by atoms with Gasteiger partial charge in [-0.05, 0) is 36.4 Å². The number of benzene rings is 3. The maximum atomic E-state index is 11.4. The summed E-state index contributed by atoms with van der Waals surface area (Å²) in [6.07, 6.45) is 0. The molecular weight excluding hydrogens is 552 g/mol. The van der Waals surface area contributed by atoms with Crippen LogP contribution in [0.5, 0.6) is 0 Å². The van der Waals surface area contributed by atoms with E-state index in [2.05, 4.69) is 0 Å². The molecule has 3 aromatic carbocycles. The van der Waals surface area contributed by atoms with Crippen LogP contribution in [0.15, 0.2) is 119 Å². The molecule has 3 heterocycles. The Bertz CT molecular complexity index is 1910. The van der Waals surface area contributed by atoms with Crippen molar-refractivity contribution in [2.75, 3.05) is 0 Å². The lowest BCUT2D eigenvalue weighted by Gasteiger charge is -1.97. The van der Waals surface area contributed by atoms with Gasteiger partial charge < -0.3 is 28.6 Å². The molecule has 0 atom stereocenters. The highest BCUT2D eigenvalue weighted by molar-refractivity contribution is 5.88. The predicted molar refractivity (Wildman–Crippen MR) is 148 cm³/mol. The molecule has 0 aliphatic heterocycles. The minimum Gasteiger partial charge on any atom is -0.475 e. The molecule has 0 saturated heterocycles. The van der Waals surface area contributed by atoms with Crippen LogP contribution in [0.4, 0.5) is 0 Å². The first kappa shape index (κ1) is 28.7. The Balaban J connectivity index is 0.000000145. The quantitative estimate of drug-likeness (QED) is 0.270. The molecule has 3 aromatic heterocycles. The topological polar surface area (TPSA) is 203 Å². The number of aromatic carboxylic acids is 3. The van der Waals surface area contributed by atoms with E-state index in [1.807, 2.05) is 0 Å². The van der Waals surface area contributed by atoms with Gasteiger partial charge in [0.25, 0.3) is 0 Å². The van der Waals surface area contributed by atoms with Crippen molar-refractivity contribution in [1.82, 2.24) is 0 Å². The van der Waals surface area contributed by atoms with Crippen LogP contribution >= 0.6 is 0 Å². The predicted octanol–water partition coefficient (Wildman–Crippen LogP) is 4.47. The van der Waals surface area contributed by atoms with E-state index in [0.717, 1.165) is 18.2 Å². The number of fused-ring (bicyclic) bond motifs is 3. The Morgan fingerprint density at radius 2 is 0.667 bits per heavy atom. The zero-order valence-electron chi connectivity index (χ0n) is 21.2. The van der Waals surface area contributed by atoms with Crippen LogP contribution in [0.3, 0.4) is 0 Å². The monoisotopic (exact) mass is 570 g/mol. The lowest BCUT2D eigenvalue weighted by Crippen LogP contribution is -2.05. The van der Waals surface area contributed by atoms with E-state index in [0.29, 0.717) is 16.2 Å². The third-order valence-electron chi connectivity index (χ3n) is 5.54. The zero-order valence-corrected chi connectivity index (χ0v) is 21.2. The van der Waals surface area contributed by atoms with Crippen LogP contribution in [0, 0.1) is 0 Å². The van der Waals surface area contributed by atoms with Gasteiger partial charge in [-0.3, -0.25) is 14.4 Å². The van der Waals surface area contributed by atoms with Gasteiger partial charge in [-0.25, -0.2) is 14.4 Å². The number of para-hydroxylation sites is 3. The fourth-order valence-corrected chi connectivity index (χ4v) is 3.63. The maximum absolute atomic E-state index is 11.4. The Hall–Kier alpha value is -6.30. The molecule has 12 nitrogen and oxygen atoms in total. The molecule has 6 rings (SSSR count). The Morgan fingerprint density at radius 3 is 0.905 bits per heavy atom. The molecule has 0 aliphatic rings. The minimum atomic E-state index is -1.24. The smallest absolute Gasteiger partial charge is 0.371 e. The van der Waals surface area contributed by atoms with Gasteiger partial charge in [0.15, 0.2) is 16.3 Å². The van der Waals surface area contributed by atoms with Crippen molar-refractivity contribution < 1.29 is 43.0 Å². The van der Waals surface area contributed by atoms with Crippen LogP contribution < -0.4 is 16.3 Å². The average Bonchev–Trinajstić information content (AvgIpc) is 2.97. The standard InChI is InChI=1S/3C10H6O4/c3*11-7-5-9(10(12)13)14-8-4-2-1-3-6(7)8/h3*1-5H,(H,12,13). The second-order valence-electron chi connectivity index (χ2n) is 8.33. The normalized spacial score (nSPS) is 10.3. The van der Waals surface area contributed by atoms with E-state index >= 15 is 0 Å². The van der Waals surface area contributed by atoms with Crippen LogP contribution in [-0.2, 0) is 0 Å². The molecule has 0 saturated carbocycles. The van der Waals surface area contributed by atoms with Gasteiger partial charge in [-0.15, -0.1) is 0 Å². The molecule has 0 fully saturated rings. The second-order valence-corrected chi connectivity index (χ2v) is 8.33. The Labute approximate surface area is 232 Å². The minimum absolute atomic E-state index is 0.289. The fraction of sp³-hybridized carbons (Fsp3) is 0. The van der Waals surface area contributed by atoms with Gasteiger partial charge in [-0.2, -0.15) is 0 Å². The maximum Gasteiger partial charge on any atom is 0.371 e. The number of hydrogen-bond acceptors (Lipinski definition) is 9. The highest BCUT2D eigenvalue weighted by Gasteiger charge is 2.11. The second kappa shape index (κ2) is 12.3. The van der Waals surface area contributed by atoms with Gasteiger partial charge in [0.05, 0.1) is 16.2 Å². The van der Waals surface area contributed by atoms with Gasteiger partial charge in [0, 0.05) is 18.2 Å². The number of carboxylic acids is 3. The van der Waals surface area contributed by atoms with E-state index in [4.69, 9.17) is 28.6 Å². The highest BCUT2D eigenvalue weighted by atomic mass is 16.4. The van der Waals surface area contributed by atoms with Gasteiger partial charge in [-0.1, -0.05) is 36.4 Å². The summed E-state index contributed by atoms with van der Waals surface area (Å²) in [4.78, 5) is 65.8. The first-order valence-corrected chi connectivity index (χ1v) is 11.8. The van der Waals surface area contributed by atoms with E-state index in [1.165, 1.54) is 0 Å². The molecule has 0 aliphatic carbocycles. The lowest BCUT2D eigenvalue weighted by atomic mass is 10.2. The Kier molecular flexibility index (Phi) is 8.38. The third kappa shape index (κ3) is 6.46. The van der Waals surface area contributed by atoms with Crippen molar-refractivity contribution in [3.63, 3.8) is 0 Å². The van der Waals surface area contributed by atoms with Crippen LogP contribution in [0.25, 0.3) is 32.9 Å². The van der Waals surface area contributed by atoms with E-state index < -0.39 is 17.9 Å². The SMILES string of the molecule is O=C(O)c1cc(=O)c2ccccc2o1.O=C(O)c1cc(=O)c2ccccc2o1.O=C(O)c1cc(=O)c2ccccc2o1. The fourth-order valence-electron chi connectivity index (χ4n) is 3.63. The van der Waals surface area contributed by atoms with Crippen molar-refractivity contribution >= 4 is 50.8 Å². The molecule has 0 unspecified atom stereocenters. The summed E-state index contributed by atoms with van der Waals surface area (Å²) >= 11 is 0. The van der Waals surface area contributed by atoms with Gasteiger partial charge in [0.2, 0.25) is 17.3 Å². The summed E-state index contributed by atoms with van der Waals surface area (Å²) < 4.78 is 15.0. The molecule has 0 amide bonds. The van der Waals surface area contributed by atoms with E-state index in [-0.39, 0.29) is 50.3 Å². The van der Waals surface area contributed by atoms with E-state index in [9.17, 15) is 28.8 Å². The number of carbonyl (C=O) groups is 3. The van der Waals surface area contributed by atoms with Crippen molar-refractivity contribution in [1.29, 1.82) is 0 Å². The zero-order chi connectivity index (χ0) is 30.4. The number of carboxylic acid groups (broad SMARTS) is 3. The molecule has 3 N–H and O–H groups in total. The van der Waals surface area contributed by atoms with Gasteiger partial charge in [0.1, 0.15) is 16.7 Å². The summed E-state index contributed by atoms with van der Waals surface area (Å²) in [5.74, 6) is -4.75. The van der Waals surface area contributed by atoms with Crippen molar-refractivity contribution in [2.24, 2.45) is 0 Å². The largest absolute Gasteiger partial charge is 0.475 e. The first-order chi connectivity index (χ1) is 20.0. The van der Waals surface area contributed by atoms with Crippen molar-refractivity contribution in [3.8, 4) is 0 Å². The van der Waals surface area contributed by atoms with Crippen molar-refractivity contribution in [3.05, 3.63) is 139 Å². The van der Waals surface area contributed by atoms with Crippen LogP contribution in [0.2, 0.25) is 0 Å². The summed E-state index contributed by atoms with van der Waals surface area (Å²) in [5.41, 5.74) is -0.162. The molecule has 210 valence electrons. The average molecular weight is 570 g/mol. The van der Waals surface area contributed by atoms with Crippen LogP contribution in [0.1, 0.15) is 31.7 Å². The van der Waals surface area contributed by atoms with E-state index in [1.54, 1.807) is 72.8 Å². The highest BCUT2D eigenvalue weighted by Crippen LogP contribution is 2.13. The number of rotatable bonds is 3. The molecule has 6 aromatic rings. The third-order valence-corrected chi connectivity index (χ3v) is 5.54. The first-order valence-electron chi connectivity index (χ1n) is 11.8. The summed E-state index contributed by atoms with van der Waals surface area (Å²) in [6.45, 7) is 0. The molecule has 42 heavy (non-hydrogen) atoms. The van der Waals surface area contributed by atoms with Gasteiger partial charge >= 0.3 is 17.9 Å².